The predicted octanol–water partition coefficient (Wildman–Crippen LogP) is 3.37. The van der Waals surface area contributed by atoms with Crippen LogP contribution in [0.2, 0.25) is 0 Å². The molecule has 3 fully saturated rings. The summed E-state index contributed by atoms with van der Waals surface area (Å²) in [4.78, 5) is 13.3. The first-order chi connectivity index (χ1) is 35.3. The van der Waals surface area contributed by atoms with E-state index < -0.39 is 124 Å². The molecule has 0 radical (unpaired) electrons. The van der Waals surface area contributed by atoms with Crippen LogP contribution in [0.1, 0.15) is 168 Å². The molecule has 12 N–H and O–H groups in total. The standard InChI is InChI=1S/C54H97NO18/c1-3-5-7-9-11-13-15-17-18-19-20-22-24-26-28-30-32-42(60)55-37(38(59)31-29-27-25-23-21-16-14-12-10-8-6-4-2)36-68-52-48(66)45(63)50(40(34-57)70-52)73-54-49(67)46(64)51(41(35-58)71-54)72-53-47(65)44(62)43(61)39(33-56)69-53/h10,12,21,23,29,31,37-41,43-54,56-59,61-67H,3-9,11,13-20,22,24-28,30,32-36H2,1-2H3,(H,55,60)/b12-10+,23-21+,31-29+. The minimum atomic E-state index is -1.98. The summed E-state index contributed by atoms with van der Waals surface area (Å²) in [5.74, 6) is -0.292. The number of aliphatic hydroxyl groups is 11. The van der Waals surface area contributed by atoms with Gasteiger partial charge in [0.15, 0.2) is 18.9 Å². The lowest BCUT2D eigenvalue weighted by atomic mass is 9.96. The van der Waals surface area contributed by atoms with Crippen molar-refractivity contribution in [1.82, 2.24) is 5.32 Å². The van der Waals surface area contributed by atoms with E-state index in [1.54, 1.807) is 6.08 Å². The molecule has 0 aromatic carbocycles. The maximum Gasteiger partial charge on any atom is 0.220 e. The van der Waals surface area contributed by atoms with E-state index in [2.05, 4.69) is 43.5 Å². The Morgan fingerprint density at radius 3 is 1.36 bits per heavy atom. The smallest absolute Gasteiger partial charge is 0.220 e. The lowest BCUT2D eigenvalue weighted by Gasteiger charge is -2.48. The second-order valence-electron chi connectivity index (χ2n) is 20.0. The van der Waals surface area contributed by atoms with E-state index >= 15 is 0 Å². The molecule has 19 heteroatoms. The van der Waals surface area contributed by atoms with Gasteiger partial charge in [0, 0.05) is 6.42 Å². The minimum absolute atomic E-state index is 0.235. The fraction of sp³-hybridized carbons (Fsp3) is 0.870. The number of rotatable bonds is 39. The van der Waals surface area contributed by atoms with Crippen LogP contribution >= 0.6 is 0 Å². The predicted molar refractivity (Wildman–Crippen MR) is 272 cm³/mol. The fourth-order valence-corrected chi connectivity index (χ4v) is 9.27. The van der Waals surface area contributed by atoms with Gasteiger partial charge in [0.2, 0.25) is 5.91 Å². The maximum absolute atomic E-state index is 13.3. The molecule has 3 saturated heterocycles. The molecule has 0 aromatic heterocycles. The number of allylic oxidation sites excluding steroid dienone is 5. The lowest BCUT2D eigenvalue weighted by Crippen LogP contribution is -2.66. The van der Waals surface area contributed by atoms with E-state index in [1.807, 2.05) is 6.08 Å². The molecule has 0 aliphatic carbocycles. The molecule has 73 heavy (non-hydrogen) atoms. The molecule has 3 heterocycles. The number of amides is 1. The number of hydrogen-bond acceptors (Lipinski definition) is 18. The van der Waals surface area contributed by atoms with E-state index in [1.165, 1.54) is 89.9 Å². The maximum atomic E-state index is 13.3. The van der Waals surface area contributed by atoms with E-state index in [0.29, 0.717) is 12.8 Å². The third-order valence-electron chi connectivity index (χ3n) is 13.9. The van der Waals surface area contributed by atoms with Crippen molar-refractivity contribution >= 4 is 5.91 Å². The third-order valence-corrected chi connectivity index (χ3v) is 13.9. The second kappa shape index (κ2) is 38.5. The van der Waals surface area contributed by atoms with Crippen LogP contribution in [-0.4, -0.2) is 193 Å². The molecule has 17 atom stereocenters. The van der Waals surface area contributed by atoms with Gasteiger partial charge in [-0.1, -0.05) is 159 Å². The third kappa shape index (κ3) is 23.7. The van der Waals surface area contributed by atoms with Crippen molar-refractivity contribution in [3.63, 3.8) is 0 Å². The summed E-state index contributed by atoms with van der Waals surface area (Å²) in [6.07, 6.45) is 11.4. The number of carbonyl (C=O) groups excluding carboxylic acids is 1. The van der Waals surface area contributed by atoms with Gasteiger partial charge in [-0.05, 0) is 38.5 Å². The fourth-order valence-electron chi connectivity index (χ4n) is 9.27. The molecule has 3 aliphatic rings. The average Bonchev–Trinajstić information content (AvgIpc) is 3.39. The highest BCUT2D eigenvalue weighted by Crippen LogP contribution is 2.33. The van der Waals surface area contributed by atoms with Gasteiger partial charge in [-0.15, -0.1) is 0 Å². The first-order valence-corrected chi connectivity index (χ1v) is 27.7. The molecule has 426 valence electrons. The average molecular weight is 1050 g/mol. The van der Waals surface area contributed by atoms with Crippen LogP contribution in [0.5, 0.6) is 0 Å². The van der Waals surface area contributed by atoms with Gasteiger partial charge < -0.3 is 89.9 Å². The normalized spacial score (nSPS) is 32.0. The van der Waals surface area contributed by atoms with Crippen LogP contribution in [0.4, 0.5) is 0 Å². The van der Waals surface area contributed by atoms with Crippen LogP contribution in [-0.2, 0) is 33.2 Å². The highest BCUT2D eigenvalue weighted by molar-refractivity contribution is 5.76. The van der Waals surface area contributed by atoms with Gasteiger partial charge in [-0.25, -0.2) is 0 Å². The van der Waals surface area contributed by atoms with E-state index in [9.17, 15) is 61.0 Å². The number of carbonyl (C=O) groups is 1. The molecule has 0 bridgehead atoms. The quantitative estimate of drug-likeness (QED) is 0.0310. The highest BCUT2D eigenvalue weighted by Gasteiger charge is 2.53. The molecule has 0 aromatic rings. The van der Waals surface area contributed by atoms with Crippen molar-refractivity contribution < 1.29 is 89.4 Å². The topological polar surface area (TPSA) is 307 Å². The van der Waals surface area contributed by atoms with Gasteiger partial charge in [0.25, 0.3) is 0 Å². The molecule has 17 unspecified atom stereocenters. The molecular formula is C54H97NO18. The van der Waals surface area contributed by atoms with Crippen molar-refractivity contribution in [3.05, 3.63) is 36.5 Å². The Kier molecular flexibility index (Phi) is 34.5. The molecule has 3 aliphatic heterocycles. The summed E-state index contributed by atoms with van der Waals surface area (Å²) < 4.78 is 34.1. The molecule has 0 spiro atoms. The number of unbranched alkanes of at least 4 members (excludes halogenated alkanes) is 19. The summed E-state index contributed by atoms with van der Waals surface area (Å²) in [5, 5.41) is 120. The first-order valence-electron chi connectivity index (χ1n) is 27.7. The Hall–Kier alpha value is -1.99. The van der Waals surface area contributed by atoms with E-state index in [0.717, 1.165) is 44.9 Å². The Balaban J connectivity index is 1.54. The number of aliphatic hydroxyl groups excluding tert-OH is 11. The zero-order valence-corrected chi connectivity index (χ0v) is 43.9. The monoisotopic (exact) mass is 1050 g/mol. The summed E-state index contributed by atoms with van der Waals surface area (Å²) in [6.45, 7) is 1.62. The van der Waals surface area contributed by atoms with Crippen molar-refractivity contribution in [1.29, 1.82) is 0 Å². The van der Waals surface area contributed by atoms with Crippen LogP contribution in [0.3, 0.4) is 0 Å². The van der Waals surface area contributed by atoms with Crippen molar-refractivity contribution in [2.24, 2.45) is 0 Å². The van der Waals surface area contributed by atoms with Crippen LogP contribution in [0, 0.1) is 0 Å². The van der Waals surface area contributed by atoms with Crippen molar-refractivity contribution in [2.75, 3.05) is 26.4 Å². The van der Waals surface area contributed by atoms with Crippen molar-refractivity contribution in [3.8, 4) is 0 Å². The summed E-state index contributed by atoms with van der Waals surface area (Å²) in [6, 6.07) is -0.991. The first kappa shape index (κ1) is 65.3. The van der Waals surface area contributed by atoms with Gasteiger partial charge in [0.1, 0.15) is 73.2 Å². The SMILES string of the molecule is CCCC/C=C/CC/C=C/CC/C=C/C(O)C(COC1OC(CO)C(OC2OC(CO)C(OC3OC(CO)C(O)C(O)C3O)C(O)C2O)C(O)C1O)NC(=O)CCCCCCCCCCCCCCCCCC. The zero-order chi connectivity index (χ0) is 53.4. The van der Waals surface area contributed by atoms with Crippen LogP contribution in [0.15, 0.2) is 36.5 Å². The Bertz CT molecular complexity index is 1490. The largest absolute Gasteiger partial charge is 0.394 e. The molecule has 19 nitrogen and oxygen atoms in total. The van der Waals surface area contributed by atoms with Crippen LogP contribution < -0.4 is 5.32 Å². The molecular weight excluding hydrogens is 951 g/mol. The van der Waals surface area contributed by atoms with Gasteiger partial charge >= 0.3 is 0 Å². The van der Waals surface area contributed by atoms with Gasteiger partial charge in [-0.2, -0.15) is 0 Å². The summed E-state index contributed by atoms with van der Waals surface area (Å²) in [7, 11) is 0. The molecule has 3 rings (SSSR count). The molecule has 1 amide bonds. The summed E-state index contributed by atoms with van der Waals surface area (Å²) >= 11 is 0. The Morgan fingerprint density at radius 1 is 0.479 bits per heavy atom. The number of hydrogen-bond donors (Lipinski definition) is 12. The number of nitrogens with one attached hydrogen (secondary N) is 1. The summed E-state index contributed by atoms with van der Waals surface area (Å²) in [5.41, 5.74) is 0. The van der Waals surface area contributed by atoms with Crippen molar-refractivity contribution in [2.45, 2.75) is 272 Å². The lowest BCUT2D eigenvalue weighted by molar-refractivity contribution is -0.379. The zero-order valence-electron chi connectivity index (χ0n) is 43.9. The number of ether oxygens (including phenoxy) is 6. The van der Waals surface area contributed by atoms with Gasteiger partial charge in [0.05, 0.1) is 38.6 Å². The van der Waals surface area contributed by atoms with Gasteiger partial charge in [-0.3, -0.25) is 4.79 Å². The minimum Gasteiger partial charge on any atom is -0.394 e. The highest BCUT2D eigenvalue weighted by atomic mass is 16.8. The van der Waals surface area contributed by atoms with E-state index in [4.69, 9.17) is 28.4 Å². The van der Waals surface area contributed by atoms with Crippen LogP contribution in [0.25, 0.3) is 0 Å². The second-order valence-corrected chi connectivity index (χ2v) is 20.0. The molecule has 0 saturated carbocycles. The Labute approximate surface area is 434 Å². The van der Waals surface area contributed by atoms with E-state index in [-0.39, 0.29) is 18.9 Å². The Morgan fingerprint density at radius 2 is 0.877 bits per heavy atom.